The van der Waals surface area contributed by atoms with E-state index in [1.54, 1.807) is 30.7 Å². The van der Waals surface area contributed by atoms with Crippen molar-refractivity contribution in [1.29, 1.82) is 0 Å². The molecule has 96 valence electrons. The molecule has 0 saturated carbocycles. The Labute approximate surface area is 119 Å². The van der Waals surface area contributed by atoms with Crippen molar-refractivity contribution >= 4 is 29.3 Å². The first-order valence-corrected chi connectivity index (χ1v) is 7.04. The van der Waals surface area contributed by atoms with Gasteiger partial charge in [-0.25, -0.2) is 0 Å². The number of rotatable bonds is 2. The normalized spacial score (nSPS) is 22.3. The van der Waals surface area contributed by atoms with E-state index >= 15 is 0 Å². The lowest BCUT2D eigenvalue weighted by molar-refractivity contribution is -0.118. The number of carbonyl (C=O) groups is 1. The Bertz CT molecular complexity index is 605. The van der Waals surface area contributed by atoms with E-state index < -0.39 is 4.87 Å². The van der Waals surface area contributed by atoms with Crippen molar-refractivity contribution in [1.82, 2.24) is 15.3 Å². The number of carbonyl (C=O) groups excluding carboxylic acids is 1. The average molecular weight is 292 g/mol. The lowest BCUT2D eigenvalue weighted by Crippen LogP contribution is -2.38. The van der Waals surface area contributed by atoms with Crippen molar-refractivity contribution in [2.75, 3.05) is 5.75 Å². The smallest absolute Gasteiger partial charge is 0.231 e. The van der Waals surface area contributed by atoms with Crippen molar-refractivity contribution in [3.8, 4) is 0 Å². The van der Waals surface area contributed by atoms with Crippen molar-refractivity contribution < 1.29 is 4.79 Å². The molecule has 1 saturated heterocycles. The summed E-state index contributed by atoms with van der Waals surface area (Å²) in [4.78, 5) is 19.4. The summed E-state index contributed by atoms with van der Waals surface area (Å²) in [7, 11) is 0. The van der Waals surface area contributed by atoms with Crippen LogP contribution in [0.15, 0.2) is 42.9 Å². The van der Waals surface area contributed by atoms with Gasteiger partial charge in [-0.3, -0.25) is 14.8 Å². The molecule has 19 heavy (non-hydrogen) atoms. The molecule has 1 aromatic carbocycles. The van der Waals surface area contributed by atoms with Gasteiger partial charge in [-0.15, -0.1) is 11.8 Å². The summed E-state index contributed by atoms with van der Waals surface area (Å²) >= 11 is 7.42. The zero-order valence-corrected chi connectivity index (χ0v) is 11.4. The molecule has 0 aliphatic carbocycles. The lowest BCUT2D eigenvalue weighted by atomic mass is 10.0. The fourth-order valence-electron chi connectivity index (χ4n) is 2.05. The maximum atomic E-state index is 11.7. The number of thioether (sulfide) groups is 1. The molecule has 1 fully saturated rings. The standard InChI is InChI=1S/C13H10ClN3OS/c14-10-3-1-9(2-4-10)13(17-12(18)8-19-13)11-7-15-5-6-16-11/h1-7H,8H2,(H,17,18). The fraction of sp³-hybridized carbons (Fsp3) is 0.154. The number of amides is 1. The van der Waals surface area contributed by atoms with Gasteiger partial charge in [0.2, 0.25) is 5.91 Å². The van der Waals surface area contributed by atoms with E-state index in [1.807, 2.05) is 12.1 Å². The third-order valence-electron chi connectivity index (χ3n) is 2.91. The van der Waals surface area contributed by atoms with Crippen LogP contribution in [0.2, 0.25) is 5.02 Å². The van der Waals surface area contributed by atoms with Crippen LogP contribution in [0.3, 0.4) is 0 Å². The number of hydrogen-bond acceptors (Lipinski definition) is 4. The number of benzene rings is 1. The summed E-state index contributed by atoms with van der Waals surface area (Å²) in [6.45, 7) is 0. The highest BCUT2D eigenvalue weighted by Crippen LogP contribution is 2.42. The largest absolute Gasteiger partial charge is 0.332 e. The first kappa shape index (κ1) is 12.4. The van der Waals surface area contributed by atoms with Gasteiger partial charge in [0.05, 0.1) is 17.6 Å². The van der Waals surface area contributed by atoms with Gasteiger partial charge in [-0.05, 0) is 17.7 Å². The van der Waals surface area contributed by atoms with E-state index in [9.17, 15) is 4.79 Å². The van der Waals surface area contributed by atoms with Gasteiger partial charge in [-0.1, -0.05) is 23.7 Å². The van der Waals surface area contributed by atoms with E-state index in [0.717, 1.165) is 5.56 Å². The van der Waals surface area contributed by atoms with Crippen molar-refractivity contribution in [3.05, 3.63) is 59.1 Å². The quantitative estimate of drug-likeness (QED) is 0.921. The van der Waals surface area contributed by atoms with Gasteiger partial charge in [0, 0.05) is 17.4 Å². The second-order valence-corrected chi connectivity index (χ2v) is 5.74. The highest BCUT2D eigenvalue weighted by atomic mass is 35.5. The highest BCUT2D eigenvalue weighted by molar-refractivity contribution is 8.01. The van der Waals surface area contributed by atoms with Gasteiger partial charge in [0.25, 0.3) is 0 Å². The molecule has 2 aromatic rings. The first-order valence-electron chi connectivity index (χ1n) is 5.68. The summed E-state index contributed by atoms with van der Waals surface area (Å²) in [6.07, 6.45) is 4.91. The minimum atomic E-state index is -0.671. The Morgan fingerprint density at radius 2 is 2.05 bits per heavy atom. The molecule has 0 radical (unpaired) electrons. The molecule has 1 unspecified atom stereocenters. The Balaban J connectivity index is 2.13. The van der Waals surface area contributed by atoms with Gasteiger partial charge in [-0.2, -0.15) is 0 Å². The van der Waals surface area contributed by atoms with Crippen molar-refractivity contribution in [3.63, 3.8) is 0 Å². The molecule has 6 heteroatoms. The van der Waals surface area contributed by atoms with Crippen molar-refractivity contribution in [2.45, 2.75) is 4.87 Å². The van der Waals surface area contributed by atoms with Crippen LogP contribution in [0, 0.1) is 0 Å². The van der Waals surface area contributed by atoms with Crippen LogP contribution < -0.4 is 5.32 Å². The number of aromatic nitrogens is 2. The fourth-order valence-corrected chi connectivity index (χ4v) is 3.34. The maximum absolute atomic E-state index is 11.7. The second kappa shape index (κ2) is 4.83. The van der Waals surface area contributed by atoms with Crippen LogP contribution in [0.1, 0.15) is 11.3 Å². The van der Waals surface area contributed by atoms with Crippen LogP contribution in [0.5, 0.6) is 0 Å². The number of nitrogens with zero attached hydrogens (tertiary/aromatic N) is 2. The third kappa shape index (κ3) is 2.19. The molecule has 0 spiro atoms. The molecule has 2 heterocycles. The zero-order valence-electron chi connectivity index (χ0n) is 9.84. The van der Waals surface area contributed by atoms with E-state index in [2.05, 4.69) is 15.3 Å². The predicted octanol–water partition coefficient (Wildman–Crippen LogP) is 2.19. The molecule has 1 N–H and O–H groups in total. The summed E-state index contributed by atoms with van der Waals surface area (Å²) in [5.41, 5.74) is 1.65. The SMILES string of the molecule is O=C1CSC(c2ccc(Cl)cc2)(c2cnccn2)N1. The lowest BCUT2D eigenvalue weighted by Gasteiger charge is -2.27. The molecule has 1 aliphatic heterocycles. The minimum Gasteiger partial charge on any atom is -0.332 e. The number of halogens is 1. The van der Waals surface area contributed by atoms with Gasteiger partial charge in [0.15, 0.2) is 4.87 Å². The number of nitrogens with one attached hydrogen (secondary N) is 1. The molecule has 0 bridgehead atoms. The summed E-state index contributed by atoms with van der Waals surface area (Å²) in [6, 6.07) is 7.41. The summed E-state index contributed by atoms with van der Waals surface area (Å²) in [5.74, 6) is 0.393. The Kier molecular flexibility index (Phi) is 3.16. The van der Waals surface area contributed by atoms with E-state index in [0.29, 0.717) is 16.5 Å². The molecular weight excluding hydrogens is 282 g/mol. The van der Waals surface area contributed by atoms with Gasteiger partial charge in [0.1, 0.15) is 0 Å². The predicted molar refractivity (Wildman–Crippen MR) is 74.9 cm³/mol. The molecular formula is C13H10ClN3OS. The highest BCUT2D eigenvalue weighted by Gasteiger charge is 2.43. The first-order chi connectivity index (χ1) is 9.21. The molecule has 4 nitrogen and oxygen atoms in total. The van der Waals surface area contributed by atoms with E-state index in [1.165, 1.54) is 11.8 Å². The van der Waals surface area contributed by atoms with Gasteiger partial charge >= 0.3 is 0 Å². The molecule has 3 rings (SSSR count). The topological polar surface area (TPSA) is 54.9 Å². The van der Waals surface area contributed by atoms with E-state index in [-0.39, 0.29) is 5.91 Å². The van der Waals surface area contributed by atoms with Crippen molar-refractivity contribution in [2.24, 2.45) is 0 Å². The van der Waals surface area contributed by atoms with Crippen LogP contribution >= 0.6 is 23.4 Å². The summed E-state index contributed by atoms with van der Waals surface area (Å²) in [5, 5.41) is 3.66. The molecule has 1 atom stereocenters. The van der Waals surface area contributed by atoms with Crippen LogP contribution in [0.4, 0.5) is 0 Å². The van der Waals surface area contributed by atoms with E-state index in [4.69, 9.17) is 11.6 Å². The maximum Gasteiger partial charge on any atom is 0.231 e. The summed E-state index contributed by atoms with van der Waals surface area (Å²) < 4.78 is 0. The van der Waals surface area contributed by atoms with Crippen LogP contribution in [-0.4, -0.2) is 21.6 Å². The zero-order chi connectivity index (χ0) is 13.3. The second-order valence-electron chi connectivity index (χ2n) is 4.12. The third-order valence-corrected chi connectivity index (χ3v) is 4.55. The van der Waals surface area contributed by atoms with Crippen LogP contribution in [-0.2, 0) is 9.67 Å². The molecule has 1 amide bonds. The Hall–Kier alpha value is -1.59. The Morgan fingerprint density at radius 1 is 1.26 bits per heavy atom. The number of hydrogen-bond donors (Lipinski definition) is 1. The minimum absolute atomic E-state index is 0.00870. The van der Waals surface area contributed by atoms with Crippen LogP contribution in [0.25, 0.3) is 0 Å². The average Bonchev–Trinajstić information content (AvgIpc) is 2.84. The Morgan fingerprint density at radius 3 is 2.63 bits per heavy atom. The monoisotopic (exact) mass is 291 g/mol. The molecule has 1 aliphatic rings. The van der Waals surface area contributed by atoms with Gasteiger partial charge < -0.3 is 5.32 Å². The molecule has 1 aromatic heterocycles.